The SMILES string of the molecule is CCOC(=O)c1ccc(NC(=O)N([C@@H]2CC[N+](C)(Cc3cccc(Cl)c3)C2)[C@@H](Cc2ccc(O)cc2)C(N)=O)cc1. The number of aromatic hydroxyl groups is 1. The number of benzene rings is 3. The fourth-order valence-electron chi connectivity index (χ4n) is 5.44. The number of urea groups is 1. The summed E-state index contributed by atoms with van der Waals surface area (Å²) in [5, 5.41) is 13.3. The topological polar surface area (TPSA) is 122 Å². The number of rotatable bonds is 10. The third-order valence-corrected chi connectivity index (χ3v) is 7.65. The van der Waals surface area contributed by atoms with Gasteiger partial charge in [-0.2, -0.15) is 0 Å². The van der Waals surface area contributed by atoms with Gasteiger partial charge in [-0.15, -0.1) is 0 Å². The van der Waals surface area contributed by atoms with Crippen molar-refractivity contribution in [3.8, 4) is 5.75 Å². The number of anilines is 1. The van der Waals surface area contributed by atoms with Crippen LogP contribution in [-0.4, -0.2) is 71.2 Å². The second-order valence-corrected chi connectivity index (χ2v) is 11.1. The molecule has 41 heavy (non-hydrogen) atoms. The van der Waals surface area contributed by atoms with Crippen LogP contribution in [0.2, 0.25) is 5.02 Å². The van der Waals surface area contributed by atoms with Crippen molar-refractivity contribution in [2.75, 3.05) is 32.1 Å². The van der Waals surface area contributed by atoms with Gasteiger partial charge in [0, 0.05) is 29.1 Å². The zero-order chi connectivity index (χ0) is 29.6. The number of quaternary nitrogens is 1. The summed E-state index contributed by atoms with van der Waals surface area (Å²) < 4.78 is 5.69. The number of halogens is 1. The van der Waals surface area contributed by atoms with E-state index in [-0.39, 0.29) is 24.8 Å². The highest BCUT2D eigenvalue weighted by atomic mass is 35.5. The Morgan fingerprint density at radius 2 is 1.80 bits per heavy atom. The van der Waals surface area contributed by atoms with E-state index in [0.29, 0.717) is 33.7 Å². The Morgan fingerprint density at radius 1 is 1.10 bits per heavy atom. The second kappa shape index (κ2) is 13.1. The highest BCUT2D eigenvalue weighted by Gasteiger charge is 2.43. The fourth-order valence-corrected chi connectivity index (χ4v) is 5.66. The summed E-state index contributed by atoms with van der Waals surface area (Å²) in [4.78, 5) is 40.4. The smallest absolute Gasteiger partial charge is 0.338 e. The van der Waals surface area contributed by atoms with Gasteiger partial charge in [0.15, 0.2) is 0 Å². The van der Waals surface area contributed by atoms with Crippen molar-refractivity contribution < 1.29 is 28.7 Å². The maximum Gasteiger partial charge on any atom is 0.338 e. The Kier molecular flexibility index (Phi) is 9.52. The standard InChI is InChI=1S/C31H35ClN4O5/c1-3-41-30(39)23-9-11-25(12-10-23)34-31(40)35(28(29(33)38)18-21-7-13-27(37)14-8-21)26-15-16-36(2,20-26)19-22-5-4-6-24(32)17-22/h4-14,17,26,28H,3,15-16,18-20H2,1-2H3,(H3-,33,34,37,38,39,40)/p+1/t26-,28+,36?/m1/s1. The Hall–Kier alpha value is -4.08. The molecule has 1 aliphatic rings. The van der Waals surface area contributed by atoms with E-state index >= 15 is 0 Å². The van der Waals surface area contributed by atoms with Gasteiger partial charge >= 0.3 is 12.0 Å². The van der Waals surface area contributed by atoms with Crippen LogP contribution in [0.15, 0.2) is 72.8 Å². The molecule has 1 aliphatic heterocycles. The van der Waals surface area contributed by atoms with Crippen LogP contribution in [0.1, 0.15) is 34.8 Å². The number of esters is 1. The number of primary amides is 1. The summed E-state index contributed by atoms with van der Waals surface area (Å²) in [7, 11) is 2.13. The third-order valence-electron chi connectivity index (χ3n) is 7.41. The predicted octanol–water partition coefficient (Wildman–Crippen LogP) is 4.57. The minimum Gasteiger partial charge on any atom is -0.508 e. The summed E-state index contributed by atoms with van der Waals surface area (Å²) in [5.74, 6) is -0.964. The Morgan fingerprint density at radius 3 is 2.44 bits per heavy atom. The van der Waals surface area contributed by atoms with Gasteiger partial charge < -0.3 is 30.3 Å². The summed E-state index contributed by atoms with van der Waals surface area (Å²) >= 11 is 6.22. The maximum absolute atomic E-state index is 13.9. The van der Waals surface area contributed by atoms with Gasteiger partial charge in [0.25, 0.3) is 0 Å². The van der Waals surface area contributed by atoms with Gasteiger partial charge in [0.1, 0.15) is 18.3 Å². The number of ether oxygens (including phenoxy) is 1. The second-order valence-electron chi connectivity index (χ2n) is 10.7. The van der Waals surface area contributed by atoms with Crippen molar-refractivity contribution in [2.45, 2.75) is 38.4 Å². The van der Waals surface area contributed by atoms with Crippen molar-refractivity contribution in [1.29, 1.82) is 0 Å². The Bertz CT molecular complexity index is 1380. The third kappa shape index (κ3) is 7.77. The van der Waals surface area contributed by atoms with Gasteiger partial charge in [-0.25, -0.2) is 9.59 Å². The molecule has 1 fully saturated rings. The summed E-state index contributed by atoms with van der Waals surface area (Å²) in [6.07, 6.45) is 0.866. The molecule has 0 aromatic heterocycles. The molecule has 216 valence electrons. The number of carbonyl (C=O) groups is 3. The van der Waals surface area contributed by atoms with E-state index < -0.39 is 23.9 Å². The molecule has 1 unspecified atom stereocenters. The molecule has 1 heterocycles. The average Bonchev–Trinajstić information content (AvgIpc) is 3.30. The van der Waals surface area contributed by atoms with Crippen LogP contribution >= 0.6 is 11.6 Å². The van der Waals surface area contributed by atoms with Gasteiger partial charge in [-0.3, -0.25) is 4.79 Å². The van der Waals surface area contributed by atoms with E-state index in [2.05, 4.69) is 12.4 Å². The van der Waals surface area contributed by atoms with E-state index in [0.717, 1.165) is 24.2 Å². The highest BCUT2D eigenvalue weighted by Crippen LogP contribution is 2.28. The van der Waals surface area contributed by atoms with E-state index in [4.69, 9.17) is 22.1 Å². The molecule has 4 N–H and O–H groups in total. The molecule has 10 heteroatoms. The lowest BCUT2D eigenvalue weighted by atomic mass is 10.0. The maximum atomic E-state index is 13.9. The normalized spacial score (nSPS) is 18.9. The first-order valence-corrected chi connectivity index (χ1v) is 14.0. The number of phenols is 1. The molecule has 4 rings (SSSR count). The molecule has 0 radical (unpaired) electrons. The van der Waals surface area contributed by atoms with Crippen molar-refractivity contribution >= 4 is 35.2 Å². The van der Waals surface area contributed by atoms with Crippen molar-refractivity contribution in [3.05, 3.63) is 94.5 Å². The molecule has 3 atom stereocenters. The number of likely N-dealkylation sites (tertiary alicyclic amines) is 1. The van der Waals surface area contributed by atoms with Gasteiger partial charge in [0.2, 0.25) is 5.91 Å². The first-order chi connectivity index (χ1) is 19.6. The number of phenolic OH excluding ortho intramolecular Hbond substituents is 1. The van der Waals surface area contributed by atoms with Gasteiger partial charge in [-0.05, 0) is 61.0 Å². The van der Waals surface area contributed by atoms with E-state index in [1.54, 1.807) is 48.2 Å². The molecule has 3 amide bonds. The lowest BCUT2D eigenvalue weighted by Crippen LogP contribution is -2.56. The summed E-state index contributed by atoms with van der Waals surface area (Å²) in [5.41, 5.74) is 8.61. The predicted molar refractivity (Wildman–Crippen MR) is 158 cm³/mol. The summed E-state index contributed by atoms with van der Waals surface area (Å²) in [6, 6.07) is 19.0. The number of likely N-dealkylation sites (N-methyl/N-ethyl adjacent to an activating group) is 1. The molecule has 0 saturated carbocycles. The van der Waals surface area contributed by atoms with Crippen LogP contribution in [-0.2, 0) is 22.5 Å². The minimum absolute atomic E-state index is 0.107. The lowest BCUT2D eigenvalue weighted by molar-refractivity contribution is -0.911. The van der Waals surface area contributed by atoms with Crippen LogP contribution in [0.5, 0.6) is 5.75 Å². The Balaban J connectivity index is 1.59. The first-order valence-electron chi connectivity index (χ1n) is 13.6. The summed E-state index contributed by atoms with van der Waals surface area (Å²) in [6.45, 7) is 4.12. The van der Waals surface area contributed by atoms with Crippen LogP contribution in [0.3, 0.4) is 0 Å². The van der Waals surface area contributed by atoms with Crippen molar-refractivity contribution in [3.63, 3.8) is 0 Å². The molecule has 0 spiro atoms. The first kappa shape index (κ1) is 29.9. The average molecular weight is 580 g/mol. The molecular weight excluding hydrogens is 544 g/mol. The van der Waals surface area contributed by atoms with Gasteiger partial charge in [0.05, 0.1) is 38.3 Å². The minimum atomic E-state index is -0.930. The van der Waals surface area contributed by atoms with E-state index in [9.17, 15) is 19.5 Å². The molecular formula is C31H36ClN4O5+. The lowest BCUT2D eigenvalue weighted by Gasteiger charge is -2.36. The molecule has 0 aliphatic carbocycles. The fraction of sp³-hybridized carbons (Fsp3) is 0.323. The number of amides is 3. The molecule has 3 aromatic rings. The van der Waals surface area contributed by atoms with Crippen molar-refractivity contribution in [1.82, 2.24) is 4.90 Å². The monoisotopic (exact) mass is 579 g/mol. The van der Waals surface area contributed by atoms with E-state index in [1.165, 1.54) is 12.1 Å². The van der Waals surface area contributed by atoms with Crippen molar-refractivity contribution in [2.24, 2.45) is 5.73 Å². The highest BCUT2D eigenvalue weighted by molar-refractivity contribution is 6.30. The molecule has 1 saturated heterocycles. The van der Waals surface area contributed by atoms with Crippen LogP contribution in [0.25, 0.3) is 0 Å². The number of nitrogens with two attached hydrogens (primary N) is 1. The molecule has 0 bridgehead atoms. The zero-order valence-electron chi connectivity index (χ0n) is 23.3. The van der Waals surface area contributed by atoms with Gasteiger partial charge in [-0.1, -0.05) is 35.9 Å². The largest absolute Gasteiger partial charge is 0.508 e. The number of hydrogen-bond donors (Lipinski definition) is 3. The number of nitrogens with one attached hydrogen (secondary N) is 1. The van der Waals surface area contributed by atoms with E-state index in [1.807, 2.05) is 24.3 Å². The molecule has 3 aromatic carbocycles. The van der Waals surface area contributed by atoms with Crippen LogP contribution in [0.4, 0.5) is 10.5 Å². The van der Waals surface area contributed by atoms with Crippen LogP contribution < -0.4 is 11.1 Å². The number of hydrogen-bond acceptors (Lipinski definition) is 5. The number of carbonyl (C=O) groups excluding carboxylic acids is 3. The Labute approximate surface area is 245 Å². The number of nitrogens with zero attached hydrogens (tertiary/aromatic N) is 2. The van der Waals surface area contributed by atoms with Crippen LogP contribution in [0, 0.1) is 0 Å². The molecule has 9 nitrogen and oxygen atoms in total. The zero-order valence-corrected chi connectivity index (χ0v) is 24.0. The quantitative estimate of drug-likeness (QED) is 0.240.